The number of fused-ring (bicyclic) bond motifs is 2. The molecule has 3 heterocycles. The van der Waals surface area contributed by atoms with E-state index >= 15 is 0 Å². The van der Waals surface area contributed by atoms with Crippen LogP contribution in [-0.2, 0) is 0 Å². The third-order valence-corrected chi connectivity index (χ3v) is 3.81. The van der Waals surface area contributed by atoms with Crippen LogP contribution in [0.25, 0.3) is 0 Å². The van der Waals surface area contributed by atoms with Crippen LogP contribution >= 0.6 is 0 Å². The maximum absolute atomic E-state index is 12.4. The molecule has 0 atom stereocenters. The SMILES string of the molecule is CC(C)c1cnc2c(c1)NC(=O)c1ccc(C(C)C)nc1N2. The molecule has 0 saturated carbocycles. The van der Waals surface area contributed by atoms with Crippen LogP contribution in [0.15, 0.2) is 24.4 Å². The minimum Gasteiger partial charge on any atom is -0.323 e. The van der Waals surface area contributed by atoms with Gasteiger partial charge in [-0.05, 0) is 35.6 Å². The molecule has 22 heavy (non-hydrogen) atoms. The number of aromatic nitrogens is 2. The van der Waals surface area contributed by atoms with E-state index in [4.69, 9.17) is 0 Å². The van der Waals surface area contributed by atoms with Crippen molar-refractivity contribution >= 4 is 23.2 Å². The molecule has 0 saturated heterocycles. The lowest BCUT2D eigenvalue weighted by Gasteiger charge is -2.11. The first-order valence-corrected chi connectivity index (χ1v) is 7.55. The Hall–Kier alpha value is -2.43. The Bertz CT molecular complexity index is 737. The van der Waals surface area contributed by atoms with Gasteiger partial charge >= 0.3 is 0 Å². The van der Waals surface area contributed by atoms with E-state index in [-0.39, 0.29) is 5.91 Å². The van der Waals surface area contributed by atoms with Gasteiger partial charge in [-0.25, -0.2) is 9.97 Å². The Morgan fingerprint density at radius 1 is 1.00 bits per heavy atom. The molecule has 0 bridgehead atoms. The number of nitrogens with zero attached hydrogens (tertiary/aromatic N) is 2. The fourth-order valence-corrected chi connectivity index (χ4v) is 2.37. The number of anilines is 3. The zero-order chi connectivity index (χ0) is 15.9. The van der Waals surface area contributed by atoms with Crippen LogP contribution in [0.1, 0.15) is 61.1 Å². The normalized spacial score (nSPS) is 13.3. The van der Waals surface area contributed by atoms with Gasteiger partial charge in [-0.3, -0.25) is 4.79 Å². The van der Waals surface area contributed by atoms with Crippen molar-refractivity contribution in [2.75, 3.05) is 10.6 Å². The standard InChI is InChI=1S/C17H20N4O/c1-9(2)11-7-14-16(18-8-11)21-15-12(17(22)20-14)5-6-13(19-15)10(3)4/h5-10H,1-4H3,(H,20,22)(H,18,19,21). The van der Waals surface area contributed by atoms with Gasteiger partial charge in [0.15, 0.2) is 5.82 Å². The van der Waals surface area contributed by atoms with Gasteiger partial charge in [0.25, 0.3) is 5.91 Å². The predicted octanol–water partition coefficient (Wildman–Crippen LogP) is 4.03. The largest absolute Gasteiger partial charge is 0.323 e. The monoisotopic (exact) mass is 296 g/mol. The summed E-state index contributed by atoms with van der Waals surface area (Å²) in [6, 6.07) is 5.68. The third kappa shape index (κ3) is 2.54. The van der Waals surface area contributed by atoms with Gasteiger partial charge in [0.05, 0.1) is 11.3 Å². The van der Waals surface area contributed by atoms with E-state index in [0.29, 0.717) is 34.7 Å². The van der Waals surface area contributed by atoms with E-state index in [9.17, 15) is 4.79 Å². The van der Waals surface area contributed by atoms with Crippen molar-refractivity contribution in [2.24, 2.45) is 0 Å². The van der Waals surface area contributed by atoms with Crippen LogP contribution in [0.4, 0.5) is 17.3 Å². The minimum absolute atomic E-state index is 0.160. The molecule has 0 aromatic carbocycles. The molecule has 1 aliphatic heterocycles. The zero-order valence-corrected chi connectivity index (χ0v) is 13.3. The van der Waals surface area contributed by atoms with Crippen molar-refractivity contribution < 1.29 is 4.79 Å². The molecule has 0 fully saturated rings. The Kier molecular flexibility index (Phi) is 3.56. The van der Waals surface area contributed by atoms with E-state index < -0.39 is 0 Å². The number of carbonyl (C=O) groups excluding carboxylic acids is 1. The van der Waals surface area contributed by atoms with Gasteiger partial charge in [0.2, 0.25) is 0 Å². The van der Waals surface area contributed by atoms with E-state index in [1.165, 1.54) is 0 Å². The second kappa shape index (κ2) is 5.40. The summed E-state index contributed by atoms with van der Waals surface area (Å²) in [5.74, 6) is 1.68. The van der Waals surface area contributed by atoms with Crippen molar-refractivity contribution in [3.05, 3.63) is 41.2 Å². The van der Waals surface area contributed by atoms with Gasteiger partial charge < -0.3 is 10.6 Å². The number of hydrogen-bond acceptors (Lipinski definition) is 4. The number of amides is 1. The summed E-state index contributed by atoms with van der Waals surface area (Å²) in [4.78, 5) is 21.4. The van der Waals surface area contributed by atoms with Crippen molar-refractivity contribution in [2.45, 2.75) is 39.5 Å². The molecule has 5 heteroatoms. The molecule has 3 rings (SSSR count). The number of hydrogen-bond donors (Lipinski definition) is 2. The summed E-state index contributed by atoms with van der Waals surface area (Å²) in [5, 5.41) is 6.11. The first-order chi connectivity index (χ1) is 10.5. The smallest absolute Gasteiger partial charge is 0.259 e. The molecular weight excluding hydrogens is 276 g/mol. The fraction of sp³-hybridized carbons (Fsp3) is 0.353. The lowest BCUT2D eigenvalue weighted by molar-refractivity contribution is 0.102. The van der Waals surface area contributed by atoms with E-state index in [1.807, 2.05) is 24.4 Å². The molecule has 2 aromatic heterocycles. The first kappa shape index (κ1) is 14.5. The van der Waals surface area contributed by atoms with Crippen molar-refractivity contribution in [3.8, 4) is 0 Å². The average Bonchev–Trinajstić information content (AvgIpc) is 2.61. The van der Waals surface area contributed by atoms with Gasteiger partial charge in [0.1, 0.15) is 5.82 Å². The molecule has 1 aliphatic rings. The van der Waals surface area contributed by atoms with Crippen LogP contribution in [0, 0.1) is 0 Å². The molecule has 114 valence electrons. The van der Waals surface area contributed by atoms with Crippen molar-refractivity contribution in [1.82, 2.24) is 9.97 Å². The fourth-order valence-electron chi connectivity index (χ4n) is 2.37. The molecule has 0 spiro atoms. The molecule has 2 aromatic rings. The minimum atomic E-state index is -0.160. The lowest BCUT2D eigenvalue weighted by atomic mass is 10.1. The molecule has 5 nitrogen and oxygen atoms in total. The number of rotatable bonds is 2. The van der Waals surface area contributed by atoms with Crippen LogP contribution in [0.5, 0.6) is 0 Å². The molecule has 0 unspecified atom stereocenters. The summed E-state index contributed by atoms with van der Waals surface area (Å²) in [6.45, 7) is 8.35. The number of carbonyl (C=O) groups is 1. The van der Waals surface area contributed by atoms with Crippen LogP contribution in [0.3, 0.4) is 0 Å². The highest BCUT2D eigenvalue weighted by Gasteiger charge is 2.22. The van der Waals surface area contributed by atoms with E-state index in [1.54, 1.807) is 0 Å². The predicted molar refractivity (Wildman–Crippen MR) is 87.9 cm³/mol. The third-order valence-electron chi connectivity index (χ3n) is 3.81. The summed E-state index contributed by atoms with van der Waals surface area (Å²) in [6.07, 6.45) is 1.83. The quantitative estimate of drug-likeness (QED) is 0.878. The highest BCUT2D eigenvalue weighted by Crippen LogP contribution is 2.32. The number of nitrogens with one attached hydrogen (secondary N) is 2. The Balaban J connectivity index is 2.07. The van der Waals surface area contributed by atoms with Gasteiger partial charge in [0, 0.05) is 11.9 Å². The van der Waals surface area contributed by atoms with Crippen molar-refractivity contribution in [1.29, 1.82) is 0 Å². The highest BCUT2D eigenvalue weighted by molar-refractivity contribution is 6.11. The van der Waals surface area contributed by atoms with Crippen LogP contribution in [0.2, 0.25) is 0 Å². The van der Waals surface area contributed by atoms with Gasteiger partial charge in [-0.15, -0.1) is 0 Å². The topological polar surface area (TPSA) is 66.9 Å². The Morgan fingerprint density at radius 2 is 1.77 bits per heavy atom. The summed E-state index contributed by atoms with van der Waals surface area (Å²) < 4.78 is 0. The second-order valence-corrected chi connectivity index (χ2v) is 6.19. The molecule has 0 radical (unpaired) electrons. The Labute approximate surface area is 130 Å². The molecule has 0 aliphatic carbocycles. The Morgan fingerprint density at radius 3 is 2.45 bits per heavy atom. The van der Waals surface area contributed by atoms with E-state index in [0.717, 1.165) is 11.3 Å². The zero-order valence-electron chi connectivity index (χ0n) is 13.3. The highest BCUT2D eigenvalue weighted by atomic mass is 16.1. The number of pyridine rings is 2. The molecule has 1 amide bonds. The second-order valence-electron chi connectivity index (χ2n) is 6.19. The summed E-state index contributed by atoms with van der Waals surface area (Å²) in [7, 11) is 0. The summed E-state index contributed by atoms with van der Waals surface area (Å²) >= 11 is 0. The average molecular weight is 296 g/mol. The van der Waals surface area contributed by atoms with Gasteiger partial charge in [-0.1, -0.05) is 27.7 Å². The van der Waals surface area contributed by atoms with Gasteiger partial charge in [-0.2, -0.15) is 0 Å². The summed E-state index contributed by atoms with van der Waals surface area (Å²) in [5.41, 5.74) is 3.26. The maximum Gasteiger partial charge on any atom is 0.259 e. The molecular formula is C17H20N4O. The lowest BCUT2D eigenvalue weighted by Crippen LogP contribution is -2.12. The van der Waals surface area contributed by atoms with Crippen molar-refractivity contribution in [3.63, 3.8) is 0 Å². The first-order valence-electron chi connectivity index (χ1n) is 7.55. The van der Waals surface area contributed by atoms with E-state index in [2.05, 4.69) is 48.3 Å². The molecule has 2 N–H and O–H groups in total. The maximum atomic E-state index is 12.4. The van der Waals surface area contributed by atoms with Crippen LogP contribution in [-0.4, -0.2) is 15.9 Å². The van der Waals surface area contributed by atoms with Crippen LogP contribution < -0.4 is 10.6 Å².